The van der Waals surface area contributed by atoms with Crippen LogP contribution in [0.2, 0.25) is 0 Å². The van der Waals surface area contributed by atoms with Crippen molar-refractivity contribution in [2.45, 2.75) is 6.73 Å². The number of carbonyl (C=O) groups is 1. The van der Waals surface area contributed by atoms with Crippen molar-refractivity contribution in [2.75, 3.05) is 24.7 Å². The van der Waals surface area contributed by atoms with Crippen LogP contribution in [-0.2, 0) is 16.8 Å². The summed E-state index contributed by atoms with van der Waals surface area (Å²) >= 11 is 0. The third-order valence-corrected chi connectivity index (χ3v) is 9.19. The van der Waals surface area contributed by atoms with Gasteiger partial charge in [0.1, 0.15) is 34.7 Å². The zero-order chi connectivity index (χ0) is 31.6. The van der Waals surface area contributed by atoms with Gasteiger partial charge in [0.15, 0.2) is 6.73 Å². The Morgan fingerprint density at radius 2 is 1.84 bits per heavy atom. The number of furan rings is 1. The van der Waals surface area contributed by atoms with Gasteiger partial charge in [0.25, 0.3) is 5.91 Å². The molecule has 4 heterocycles. The summed E-state index contributed by atoms with van der Waals surface area (Å²) in [6.45, 7) is 0.191. The van der Waals surface area contributed by atoms with Crippen molar-refractivity contribution >= 4 is 43.5 Å². The number of anilines is 1. The number of nitriles is 1. The Balaban J connectivity index is 1.52. The van der Waals surface area contributed by atoms with Gasteiger partial charge >= 0.3 is 0 Å². The lowest BCUT2D eigenvalue weighted by Crippen LogP contribution is -2.25. The predicted octanol–water partition coefficient (Wildman–Crippen LogP) is 5.90. The standard InChI is InChI=1S/C33H24FN5O5S/c1-36-33(40)29-22-14-21(26(38(2)45(3,41)42)15-28(22)44-32(29)18-8-10-19(34)11-9-18)24-12-13-27-30(37-24)31-23(16-35)20-6-4-5-7-25(20)39(31)17-43-27/h4-15H,17H2,1-3H3,(H,36,40). The lowest BCUT2D eigenvalue weighted by atomic mass is 10.00. The van der Waals surface area contributed by atoms with E-state index < -0.39 is 21.7 Å². The Morgan fingerprint density at radius 1 is 1.09 bits per heavy atom. The molecule has 0 atom stereocenters. The first kappa shape index (κ1) is 28.1. The Hall–Kier alpha value is -5.67. The zero-order valence-corrected chi connectivity index (χ0v) is 25.1. The highest BCUT2D eigenvalue weighted by Crippen LogP contribution is 2.44. The van der Waals surface area contributed by atoms with Crippen molar-refractivity contribution < 1.29 is 26.8 Å². The average Bonchev–Trinajstić information content (AvgIpc) is 3.58. The van der Waals surface area contributed by atoms with E-state index >= 15 is 0 Å². The van der Waals surface area contributed by atoms with Crippen LogP contribution >= 0.6 is 0 Å². The average molecular weight is 622 g/mol. The van der Waals surface area contributed by atoms with E-state index in [0.29, 0.717) is 44.9 Å². The Labute approximate surface area is 256 Å². The van der Waals surface area contributed by atoms with Crippen LogP contribution in [0.4, 0.5) is 10.1 Å². The van der Waals surface area contributed by atoms with Gasteiger partial charge in [0.2, 0.25) is 10.0 Å². The number of amides is 1. The number of carbonyl (C=O) groups excluding carboxylic acids is 1. The molecule has 10 nitrogen and oxygen atoms in total. The number of nitrogens with one attached hydrogen (secondary N) is 1. The summed E-state index contributed by atoms with van der Waals surface area (Å²) in [5.41, 5.74) is 4.20. The smallest absolute Gasteiger partial charge is 0.255 e. The van der Waals surface area contributed by atoms with Gasteiger partial charge in [0.05, 0.1) is 40.0 Å². The first-order valence-corrected chi connectivity index (χ1v) is 15.6. The normalized spacial score (nSPS) is 12.3. The number of hydrogen-bond donors (Lipinski definition) is 1. The highest BCUT2D eigenvalue weighted by molar-refractivity contribution is 7.92. The number of fused-ring (bicyclic) bond motifs is 6. The summed E-state index contributed by atoms with van der Waals surface area (Å²) in [6, 6.07) is 22.0. The third-order valence-electron chi connectivity index (χ3n) is 7.99. The van der Waals surface area contributed by atoms with Crippen molar-refractivity contribution in [2.24, 2.45) is 0 Å². The number of benzene rings is 3. The van der Waals surface area contributed by atoms with Gasteiger partial charge in [-0.3, -0.25) is 9.10 Å². The van der Waals surface area contributed by atoms with Crippen molar-refractivity contribution in [3.8, 4) is 45.8 Å². The van der Waals surface area contributed by atoms with Crippen LogP contribution < -0.4 is 14.4 Å². The number of nitrogens with zero attached hydrogens (tertiary/aromatic N) is 4. The Morgan fingerprint density at radius 3 is 2.56 bits per heavy atom. The van der Waals surface area contributed by atoms with E-state index in [2.05, 4.69) is 11.4 Å². The Kier molecular flexibility index (Phi) is 6.38. The van der Waals surface area contributed by atoms with Crippen LogP contribution in [0.5, 0.6) is 5.75 Å². The van der Waals surface area contributed by atoms with Crippen LogP contribution in [0.25, 0.3) is 55.8 Å². The minimum absolute atomic E-state index is 0.191. The van der Waals surface area contributed by atoms with Crippen molar-refractivity contribution in [3.05, 3.63) is 89.7 Å². The molecular weight excluding hydrogens is 597 g/mol. The fourth-order valence-electron chi connectivity index (χ4n) is 5.74. The van der Waals surface area contributed by atoms with Gasteiger partial charge in [-0.1, -0.05) is 18.2 Å². The third kappa shape index (κ3) is 4.39. The maximum Gasteiger partial charge on any atom is 0.255 e. The highest BCUT2D eigenvalue weighted by Gasteiger charge is 2.29. The summed E-state index contributed by atoms with van der Waals surface area (Å²) in [5, 5.41) is 14.0. The predicted molar refractivity (Wildman–Crippen MR) is 168 cm³/mol. The number of ether oxygens (including phenoxy) is 1. The zero-order valence-electron chi connectivity index (χ0n) is 24.3. The van der Waals surface area contributed by atoms with Crippen LogP contribution in [0, 0.1) is 17.1 Å². The van der Waals surface area contributed by atoms with Crippen LogP contribution in [0.1, 0.15) is 15.9 Å². The summed E-state index contributed by atoms with van der Waals surface area (Å²) in [6.07, 6.45) is 1.08. The monoisotopic (exact) mass is 621 g/mol. The first-order valence-electron chi connectivity index (χ1n) is 13.8. The second kappa shape index (κ2) is 10.2. The molecular formula is C33H24FN5O5S. The molecule has 0 aliphatic carbocycles. The lowest BCUT2D eigenvalue weighted by Gasteiger charge is -2.23. The van der Waals surface area contributed by atoms with Crippen molar-refractivity contribution in [3.63, 3.8) is 0 Å². The van der Waals surface area contributed by atoms with E-state index in [9.17, 15) is 22.9 Å². The number of para-hydroxylation sites is 1. The van der Waals surface area contributed by atoms with Gasteiger partial charge in [0, 0.05) is 42.1 Å². The maximum absolute atomic E-state index is 13.7. The second-order valence-electron chi connectivity index (χ2n) is 10.6. The molecule has 6 aromatic rings. The topological polar surface area (TPSA) is 130 Å². The molecule has 3 aromatic heterocycles. The molecule has 0 bridgehead atoms. The molecule has 1 amide bonds. The minimum Gasteiger partial charge on any atom is -0.470 e. The summed E-state index contributed by atoms with van der Waals surface area (Å²) in [4.78, 5) is 18.2. The molecule has 0 unspecified atom stereocenters. The summed E-state index contributed by atoms with van der Waals surface area (Å²) in [5.74, 6) is -0.225. The maximum atomic E-state index is 13.7. The molecule has 0 saturated carbocycles. The molecule has 0 radical (unpaired) electrons. The molecule has 1 N–H and O–H groups in total. The molecule has 1 aliphatic rings. The number of pyridine rings is 1. The van der Waals surface area contributed by atoms with Crippen LogP contribution in [0.15, 0.2) is 77.2 Å². The van der Waals surface area contributed by atoms with E-state index in [1.807, 2.05) is 28.8 Å². The highest BCUT2D eigenvalue weighted by atomic mass is 32.2. The van der Waals surface area contributed by atoms with E-state index in [0.717, 1.165) is 21.5 Å². The molecule has 7 rings (SSSR count). The number of halogens is 1. The van der Waals surface area contributed by atoms with Gasteiger partial charge in [-0.25, -0.2) is 17.8 Å². The molecule has 224 valence electrons. The van der Waals surface area contributed by atoms with Crippen LogP contribution in [0.3, 0.4) is 0 Å². The molecule has 0 saturated heterocycles. The molecule has 0 fully saturated rings. The van der Waals surface area contributed by atoms with Gasteiger partial charge < -0.3 is 19.0 Å². The first-order chi connectivity index (χ1) is 21.6. The quantitative estimate of drug-likeness (QED) is 0.254. The minimum atomic E-state index is -3.76. The fourth-order valence-corrected chi connectivity index (χ4v) is 6.25. The second-order valence-corrected chi connectivity index (χ2v) is 12.6. The molecule has 45 heavy (non-hydrogen) atoms. The van der Waals surface area contributed by atoms with E-state index in [-0.39, 0.29) is 29.3 Å². The van der Waals surface area contributed by atoms with E-state index in [1.165, 1.54) is 38.4 Å². The van der Waals surface area contributed by atoms with Gasteiger partial charge in [-0.05, 0) is 48.5 Å². The van der Waals surface area contributed by atoms with Crippen molar-refractivity contribution in [1.29, 1.82) is 5.26 Å². The number of rotatable bonds is 5. The molecule has 1 aliphatic heterocycles. The van der Waals surface area contributed by atoms with E-state index in [4.69, 9.17) is 14.1 Å². The van der Waals surface area contributed by atoms with Crippen molar-refractivity contribution in [1.82, 2.24) is 14.9 Å². The van der Waals surface area contributed by atoms with E-state index in [1.54, 1.807) is 24.3 Å². The lowest BCUT2D eigenvalue weighted by molar-refractivity contribution is 0.0964. The summed E-state index contributed by atoms with van der Waals surface area (Å²) in [7, 11) is -0.860. The molecule has 3 aromatic carbocycles. The van der Waals surface area contributed by atoms with Gasteiger partial charge in [-0.2, -0.15) is 5.26 Å². The van der Waals surface area contributed by atoms with Gasteiger partial charge in [-0.15, -0.1) is 0 Å². The molecule has 0 spiro atoms. The summed E-state index contributed by atoms with van der Waals surface area (Å²) < 4.78 is 54.6. The number of aromatic nitrogens is 2. The van der Waals surface area contributed by atoms with Crippen LogP contribution in [-0.4, -0.2) is 44.2 Å². The fraction of sp³-hybridized carbons (Fsp3) is 0.121. The SMILES string of the molecule is CNC(=O)c1c(-c2ccc(F)cc2)oc2cc(N(C)S(C)(=O)=O)c(-c3ccc4c(n3)-c3c(C#N)c5ccccc5n3CO4)cc12. The molecule has 12 heteroatoms. The number of hydrogen-bond acceptors (Lipinski definition) is 7. The Bertz CT molecular complexity index is 2350. The number of sulfonamides is 1. The largest absolute Gasteiger partial charge is 0.470 e.